The highest BCUT2D eigenvalue weighted by atomic mass is 16.5. The van der Waals surface area contributed by atoms with Gasteiger partial charge in [-0.15, -0.1) is 6.42 Å². The average molecular weight is 177 g/mol. The van der Waals surface area contributed by atoms with Crippen LogP contribution in [-0.2, 0) is 0 Å². The lowest BCUT2D eigenvalue weighted by Gasteiger charge is -2.12. The van der Waals surface area contributed by atoms with Crippen LogP contribution in [0.1, 0.15) is 11.6 Å². The Hall–Kier alpha value is -1.50. The second-order valence-electron chi connectivity index (χ2n) is 2.47. The van der Waals surface area contributed by atoms with E-state index < -0.39 is 6.04 Å². The molecule has 0 aliphatic carbocycles. The van der Waals surface area contributed by atoms with E-state index in [0.29, 0.717) is 5.75 Å². The van der Waals surface area contributed by atoms with Crippen molar-refractivity contribution in [3.8, 4) is 18.1 Å². The number of nitrogens with one attached hydrogen (secondary N) is 1. The van der Waals surface area contributed by atoms with Crippen molar-refractivity contribution in [3.05, 3.63) is 29.8 Å². The lowest BCUT2D eigenvalue weighted by atomic mass is 10.1. The van der Waals surface area contributed by atoms with E-state index in [4.69, 9.17) is 16.4 Å². The maximum Gasteiger partial charge on any atom is 0.124 e. The fourth-order valence-corrected chi connectivity index (χ4v) is 1.10. The summed E-state index contributed by atoms with van der Waals surface area (Å²) in [6.07, 6.45) is 5.21. The first kappa shape index (κ1) is 9.59. The third kappa shape index (κ3) is 2.00. The molecule has 0 amide bonds. The molecule has 3 heteroatoms. The molecule has 1 rings (SSSR count). The molecule has 13 heavy (non-hydrogen) atoms. The zero-order chi connectivity index (χ0) is 9.68. The lowest BCUT2D eigenvalue weighted by Crippen LogP contribution is -2.15. The topological polar surface area (TPSA) is 41.5 Å². The van der Waals surface area contributed by atoms with Crippen molar-refractivity contribution in [1.29, 1.82) is 0 Å². The van der Waals surface area contributed by atoms with Crippen molar-refractivity contribution in [2.24, 2.45) is 0 Å². The van der Waals surface area contributed by atoms with E-state index in [1.54, 1.807) is 19.2 Å². The van der Waals surface area contributed by atoms with Crippen LogP contribution in [0.5, 0.6) is 5.75 Å². The molecule has 1 aromatic carbocycles. The third-order valence-electron chi connectivity index (χ3n) is 1.75. The van der Waals surface area contributed by atoms with E-state index in [1.165, 1.54) is 0 Å². The fraction of sp³-hybridized carbons (Fsp3) is 0.200. The molecule has 0 radical (unpaired) electrons. The number of ether oxygens (including phenoxy) is 1. The van der Waals surface area contributed by atoms with Crippen molar-refractivity contribution in [2.45, 2.75) is 6.04 Å². The van der Waals surface area contributed by atoms with E-state index in [0.717, 1.165) is 5.56 Å². The van der Waals surface area contributed by atoms with Crippen molar-refractivity contribution in [3.63, 3.8) is 0 Å². The molecule has 1 atom stereocenters. The summed E-state index contributed by atoms with van der Waals surface area (Å²) >= 11 is 0. The monoisotopic (exact) mass is 177 g/mol. The van der Waals surface area contributed by atoms with E-state index in [-0.39, 0.29) is 0 Å². The first-order valence-electron chi connectivity index (χ1n) is 3.82. The molecule has 0 saturated carbocycles. The molecule has 0 aliphatic rings. The Morgan fingerprint density at radius 1 is 1.54 bits per heavy atom. The fourth-order valence-electron chi connectivity index (χ4n) is 1.10. The zero-order valence-corrected chi connectivity index (χ0v) is 7.32. The van der Waals surface area contributed by atoms with E-state index in [9.17, 15) is 0 Å². The summed E-state index contributed by atoms with van der Waals surface area (Å²) in [6, 6.07) is 6.73. The van der Waals surface area contributed by atoms with Crippen molar-refractivity contribution >= 4 is 0 Å². The average Bonchev–Trinajstić information content (AvgIpc) is 2.20. The number of hydroxylamine groups is 1. The molecule has 1 aromatic rings. The minimum Gasteiger partial charge on any atom is -0.496 e. The molecule has 0 aromatic heterocycles. The number of hydrogen-bond acceptors (Lipinski definition) is 3. The SMILES string of the molecule is C#CC(NO)c1ccccc1OC. The second-order valence-corrected chi connectivity index (χ2v) is 2.47. The van der Waals surface area contributed by atoms with Gasteiger partial charge in [0, 0.05) is 5.56 Å². The molecule has 3 nitrogen and oxygen atoms in total. The van der Waals surface area contributed by atoms with Gasteiger partial charge in [-0.2, -0.15) is 5.48 Å². The van der Waals surface area contributed by atoms with Gasteiger partial charge in [0.2, 0.25) is 0 Å². The first-order valence-corrected chi connectivity index (χ1v) is 3.82. The molecule has 1 unspecified atom stereocenters. The highest BCUT2D eigenvalue weighted by Crippen LogP contribution is 2.23. The Morgan fingerprint density at radius 3 is 2.77 bits per heavy atom. The summed E-state index contributed by atoms with van der Waals surface area (Å²) in [5.74, 6) is 3.06. The molecule has 68 valence electrons. The van der Waals surface area contributed by atoms with Gasteiger partial charge in [-0.1, -0.05) is 24.1 Å². The van der Waals surface area contributed by atoms with Crippen LogP contribution in [0.4, 0.5) is 0 Å². The summed E-state index contributed by atoms with van der Waals surface area (Å²) < 4.78 is 5.08. The second kappa shape index (κ2) is 4.51. The van der Waals surface area contributed by atoms with Crippen LogP contribution in [0.3, 0.4) is 0 Å². The Bertz CT molecular complexity index is 317. The Kier molecular flexibility index (Phi) is 3.32. The maximum absolute atomic E-state index is 8.75. The van der Waals surface area contributed by atoms with Gasteiger partial charge in [0.1, 0.15) is 11.8 Å². The number of terminal acetylenes is 1. The van der Waals surface area contributed by atoms with Crippen molar-refractivity contribution < 1.29 is 9.94 Å². The molecule has 0 fully saturated rings. The number of rotatable bonds is 3. The summed E-state index contributed by atoms with van der Waals surface area (Å²) in [4.78, 5) is 0. The van der Waals surface area contributed by atoms with Gasteiger partial charge in [0.15, 0.2) is 0 Å². The predicted molar refractivity (Wildman–Crippen MR) is 49.5 cm³/mol. The summed E-state index contributed by atoms with van der Waals surface area (Å²) in [7, 11) is 1.56. The minimum atomic E-state index is -0.531. The van der Waals surface area contributed by atoms with E-state index >= 15 is 0 Å². The van der Waals surface area contributed by atoms with Gasteiger partial charge >= 0.3 is 0 Å². The van der Waals surface area contributed by atoms with Crippen LogP contribution in [0.2, 0.25) is 0 Å². The molecular formula is C10H11NO2. The van der Waals surface area contributed by atoms with Crippen LogP contribution in [0, 0.1) is 12.3 Å². The van der Waals surface area contributed by atoms with E-state index in [1.807, 2.05) is 17.6 Å². The van der Waals surface area contributed by atoms with E-state index in [2.05, 4.69) is 5.92 Å². The molecule has 0 bridgehead atoms. The van der Waals surface area contributed by atoms with Gasteiger partial charge in [-0.25, -0.2) is 0 Å². The van der Waals surface area contributed by atoms with Gasteiger partial charge in [-0.05, 0) is 6.07 Å². The van der Waals surface area contributed by atoms with Crippen LogP contribution in [-0.4, -0.2) is 12.3 Å². The molecule has 0 spiro atoms. The number of benzene rings is 1. The van der Waals surface area contributed by atoms with Crippen LogP contribution in [0.15, 0.2) is 24.3 Å². The standard InChI is InChI=1S/C10H11NO2/c1-3-9(11-12)8-6-4-5-7-10(8)13-2/h1,4-7,9,11-12H,2H3. The molecule has 0 heterocycles. The van der Waals surface area contributed by atoms with Gasteiger partial charge in [0.05, 0.1) is 7.11 Å². The largest absolute Gasteiger partial charge is 0.496 e. The Morgan fingerprint density at radius 2 is 2.23 bits per heavy atom. The normalized spacial score (nSPS) is 11.8. The molecular weight excluding hydrogens is 166 g/mol. The highest BCUT2D eigenvalue weighted by Gasteiger charge is 2.10. The molecule has 0 saturated heterocycles. The number of methoxy groups -OCH3 is 1. The van der Waals surface area contributed by atoms with Crippen molar-refractivity contribution in [2.75, 3.05) is 7.11 Å². The predicted octanol–water partition coefficient (Wildman–Crippen LogP) is 1.35. The molecule has 0 aliphatic heterocycles. The molecule has 2 N–H and O–H groups in total. The zero-order valence-electron chi connectivity index (χ0n) is 7.32. The summed E-state index contributed by atoms with van der Waals surface area (Å²) in [5, 5.41) is 8.75. The van der Waals surface area contributed by atoms with Crippen LogP contribution in [0.25, 0.3) is 0 Å². The summed E-state index contributed by atoms with van der Waals surface area (Å²) in [5.41, 5.74) is 2.77. The Labute approximate surface area is 77.3 Å². The highest BCUT2D eigenvalue weighted by molar-refractivity contribution is 5.38. The minimum absolute atomic E-state index is 0.531. The van der Waals surface area contributed by atoms with Gasteiger partial charge < -0.3 is 9.94 Å². The van der Waals surface area contributed by atoms with Gasteiger partial charge in [0.25, 0.3) is 0 Å². The van der Waals surface area contributed by atoms with Crippen LogP contribution < -0.4 is 10.2 Å². The van der Waals surface area contributed by atoms with Crippen LogP contribution >= 0.6 is 0 Å². The quantitative estimate of drug-likeness (QED) is 0.541. The maximum atomic E-state index is 8.75. The lowest BCUT2D eigenvalue weighted by molar-refractivity contribution is 0.146. The number of para-hydroxylation sites is 1. The Balaban J connectivity index is 3.05. The van der Waals surface area contributed by atoms with Crippen molar-refractivity contribution in [1.82, 2.24) is 5.48 Å². The first-order chi connectivity index (χ1) is 6.33. The smallest absolute Gasteiger partial charge is 0.124 e. The van der Waals surface area contributed by atoms with Gasteiger partial charge in [-0.3, -0.25) is 0 Å². The number of hydrogen-bond donors (Lipinski definition) is 2. The third-order valence-corrected chi connectivity index (χ3v) is 1.75. The summed E-state index contributed by atoms with van der Waals surface area (Å²) in [6.45, 7) is 0.